The van der Waals surface area contributed by atoms with E-state index in [2.05, 4.69) is 27.9 Å². The van der Waals surface area contributed by atoms with Crippen molar-refractivity contribution in [2.45, 2.75) is 46.6 Å². The maximum atomic E-state index is 12.5. The van der Waals surface area contributed by atoms with Crippen molar-refractivity contribution in [3.63, 3.8) is 0 Å². The Bertz CT molecular complexity index is 660. The summed E-state index contributed by atoms with van der Waals surface area (Å²) in [5.74, 6) is 1.07. The molecule has 0 fully saturated rings. The zero-order valence-electron chi connectivity index (χ0n) is 15.2. The Balaban J connectivity index is 0.00000288. The van der Waals surface area contributed by atoms with E-state index in [1.54, 1.807) is 0 Å². The number of fused-ring (bicyclic) bond motifs is 1. The Morgan fingerprint density at radius 3 is 2.40 bits per heavy atom. The second-order valence-corrected chi connectivity index (χ2v) is 5.96. The summed E-state index contributed by atoms with van der Waals surface area (Å²) in [6, 6.07) is 8.14. The minimum atomic E-state index is -0.440. The van der Waals surface area contributed by atoms with Crippen molar-refractivity contribution in [3.05, 3.63) is 30.1 Å². The van der Waals surface area contributed by atoms with E-state index in [1.807, 2.05) is 32.0 Å². The monoisotopic (exact) mass is 388 g/mol. The van der Waals surface area contributed by atoms with E-state index in [0.29, 0.717) is 13.1 Å². The van der Waals surface area contributed by atoms with Gasteiger partial charge < -0.3 is 15.6 Å². The van der Waals surface area contributed by atoms with Gasteiger partial charge in [0.1, 0.15) is 5.82 Å². The summed E-state index contributed by atoms with van der Waals surface area (Å²) < 4.78 is 2.21. The standard InChI is InChI=1S/C18H28N4O.2ClH/c1-4-18(5-2,13-19)17(23)20-12-11-16-21-14-9-7-8-10-15(14)22(16)6-3;;/h7-10H,4-6,11-13,19H2,1-3H3,(H,20,23);2*1H. The van der Waals surface area contributed by atoms with Crippen LogP contribution in [0.1, 0.15) is 39.4 Å². The zero-order chi connectivity index (χ0) is 16.9. The number of amides is 1. The van der Waals surface area contributed by atoms with Gasteiger partial charge in [-0.3, -0.25) is 4.79 Å². The number of hydrogen-bond acceptors (Lipinski definition) is 3. The van der Waals surface area contributed by atoms with Crippen LogP contribution in [0.15, 0.2) is 24.3 Å². The van der Waals surface area contributed by atoms with Gasteiger partial charge in [0.05, 0.1) is 16.4 Å². The average Bonchev–Trinajstić information content (AvgIpc) is 2.94. The van der Waals surface area contributed by atoms with Crippen molar-refractivity contribution in [2.24, 2.45) is 11.1 Å². The van der Waals surface area contributed by atoms with Crippen LogP contribution in [0.4, 0.5) is 0 Å². The molecule has 3 N–H and O–H groups in total. The Hall–Kier alpha value is -1.30. The smallest absolute Gasteiger partial charge is 0.227 e. The first-order chi connectivity index (χ1) is 11.1. The SMILES string of the molecule is CCn1c(CCNC(=O)C(CC)(CC)CN)nc2ccccc21.Cl.Cl. The largest absolute Gasteiger partial charge is 0.355 e. The van der Waals surface area contributed by atoms with Crippen LogP contribution in [0.25, 0.3) is 11.0 Å². The molecule has 7 heteroatoms. The summed E-state index contributed by atoms with van der Waals surface area (Å²) in [7, 11) is 0. The fourth-order valence-electron chi connectivity index (χ4n) is 3.10. The number of nitrogens with zero attached hydrogens (tertiary/aromatic N) is 2. The molecule has 0 saturated heterocycles. The molecule has 0 saturated carbocycles. The molecule has 0 aliphatic heterocycles. The van der Waals surface area contributed by atoms with Crippen molar-refractivity contribution < 1.29 is 4.79 Å². The molecule has 1 aromatic heterocycles. The number of nitrogens with one attached hydrogen (secondary N) is 1. The normalized spacial score (nSPS) is 10.9. The van der Waals surface area contributed by atoms with Crippen LogP contribution in [-0.2, 0) is 17.8 Å². The van der Waals surface area contributed by atoms with Crippen LogP contribution >= 0.6 is 24.8 Å². The number of rotatable bonds is 8. The number of halogens is 2. The molecule has 1 aromatic carbocycles. The highest BCUT2D eigenvalue weighted by Gasteiger charge is 2.32. The highest BCUT2D eigenvalue weighted by Crippen LogP contribution is 2.25. The van der Waals surface area contributed by atoms with Gasteiger partial charge in [0.25, 0.3) is 0 Å². The number of carbonyl (C=O) groups is 1. The third kappa shape index (κ3) is 4.87. The number of carbonyl (C=O) groups excluding carboxylic acids is 1. The molecular formula is C18H30Cl2N4O. The van der Waals surface area contributed by atoms with E-state index in [-0.39, 0.29) is 30.7 Å². The van der Waals surface area contributed by atoms with E-state index in [0.717, 1.165) is 42.7 Å². The minimum Gasteiger partial charge on any atom is -0.355 e. The molecule has 0 aliphatic carbocycles. The van der Waals surface area contributed by atoms with Gasteiger partial charge in [-0.1, -0.05) is 26.0 Å². The zero-order valence-corrected chi connectivity index (χ0v) is 16.9. The molecule has 0 radical (unpaired) electrons. The van der Waals surface area contributed by atoms with Gasteiger partial charge in [-0.2, -0.15) is 0 Å². The van der Waals surface area contributed by atoms with Crippen molar-refractivity contribution >= 4 is 41.8 Å². The maximum Gasteiger partial charge on any atom is 0.227 e. The molecule has 0 unspecified atom stereocenters. The van der Waals surface area contributed by atoms with Crippen molar-refractivity contribution in [1.29, 1.82) is 0 Å². The first-order valence-corrected chi connectivity index (χ1v) is 8.54. The van der Waals surface area contributed by atoms with Gasteiger partial charge in [0.2, 0.25) is 5.91 Å². The molecule has 0 aliphatic rings. The first kappa shape index (κ1) is 23.7. The number of benzene rings is 1. The Labute approximate surface area is 162 Å². The van der Waals surface area contributed by atoms with E-state index in [4.69, 9.17) is 5.73 Å². The Morgan fingerprint density at radius 1 is 1.20 bits per heavy atom. The van der Waals surface area contributed by atoms with Crippen LogP contribution in [0.5, 0.6) is 0 Å². The van der Waals surface area contributed by atoms with Crippen LogP contribution in [-0.4, -0.2) is 28.5 Å². The molecule has 25 heavy (non-hydrogen) atoms. The molecule has 1 amide bonds. The average molecular weight is 389 g/mol. The predicted molar refractivity (Wildman–Crippen MR) is 109 cm³/mol. The second-order valence-electron chi connectivity index (χ2n) is 5.96. The topological polar surface area (TPSA) is 72.9 Å². The third-order valence-electron chi connectivity index (χ3n) is 4.91. The fourth-order valence-corrected chi connectivity index (χ4v) is 3.10. The van der Waals surface area contributed by atoms with Crippen molar-refractivity contribution in [1.82, 2.24) is 14.9 Å². The molecule has 142 valence electrons. The first-order valence-electron chi connectivity index (χ1n) is 8.54. The van der Waals surface area contributed by atoms with E-state index in [9.17, 15) is 4.79 Å². The molecule has 0 atom stereocenters. The summed E-state index contributed by atoms with van der Waals surface area (Å²) >= 11 is 0. The molecular weight excluding hydrogens is 359 g/mol. The molecule has 1 heterocycles. The number of imidazole rings is 1. The van der Waals surface area contributed by atoms with Crippen molar-refractivity contribution in [2.75, 3.05) is 13.1 Å². The van der Waals surface area contributed by atoms with Crippen LogP contribution in [0, 0.1) is 5.41 Å². The van der Waals surface area contributed by atoms with E-state index < -0.39 is 5.41 Å². The quantitative estimate of drug-likeness (QED) is 0.728. The van der Waals surface area contributed by atoms with Gasteiger partial charge >= 0.3 is 0 Å². The lowest BCUT2D eigenvalue weighted by Gasteiger charge is -2.28. The maximum absolute atomic E-state index is 12.5. The molecule has 2 aromatic rings. The lowest BCUT2D eigenvalue weighted by molar-refractivity contribution is -0.131. The van der Waals surface area contributed by atoms with Crippen LogP contribution < -0.4 is 11.1 Å². The number of nitrogens with two attached hydrogens (primary N) is 1. The highest BCUT2D eigenvalue weighted by atomic mass is 35.5. The minimum absolute atomic E-state index is 0. The predicted octanol–water partition coefficient (Wildman–Crippen LogP) is 3.32. The summed E-state index contributed by atoms with van der Waals surface area (Å²) in [4.78, 5) is 17.1. The van der Waals surface area contributed by atoms with Crippen molar-refractivity contribution in [3.8, 4) is 0 Å². The number of hydrogen-bond donors (Lipinski definition) is 2. The van der Waals surface area contributed by atoms with E-state index >= 15 is 0 Å². The lowest BCUT2D eigenvalue weighted by atomic mass is 9.81. The summed E-state index contributed by atoms with van der Waals surface area (Å²) in [6.45, 7) is 8.01. The van der Waals surface area contributed by atoms with Crippen LogP contribution in [0.3, 0.4) is 0 Å². The third-order valence-corrected chi connectivity index (χ3v) is 4.91. The number of para-hydroxylation sites is 2. The number of aromatic nitrogens is 2. The van der Waals surface area contributed by atoms with Gasteiger partial charge in [0, 0.05) is 26.1 Å². The summed E-state index contributed by atoms with van der Waals surface area (Å²) in [6.07, 6.45) is 2.25. The fraction of sp³-hybridized carbons (Fsp3) is 0.556. The van der Waals surface area contributed by atoms with Gasteiger partial charge in [-0.25, -0.2) is 4.98 Å². The Morgan fingerprint density at radius 2 is 1.84 bits per heavy atom. The Kier molecular flexibility index (Phi) is 10.1. The summed E-state index contributed by atoms with van der Waals surface area (Å²) in [5, 5.41) is 3.05. The van der Waals surface area contributed by atoms with Gasteiger partial charge in [0.15, 0.2) is 0 Å². The lowest BCUT2D eigenvalue weighted by Crippen LogP contribution is -2.45. The second kappa shape index (κ2) is 10.6. The van der Waals surface area contributed by atoms with Gasteiger partial charge in [-0.05, 0) is 31.9 Å². The van der Waals surface area contributed by atoms with Gasteiger partial charge in [-0.15, -0.1) is 24.8 Å². The molecule has 2 rings (SSSR count). The summed E-state index contributed by atoms with van der Waals surface area (Å²) in [5.41, 5.74) is 7.55. The van der Waals surface area contributed by atoms with Crippen LogP contribution in [0.2, 0.25) is 0 Å². The number of aryl methyl sites for hydroxylation is 1. The van der Waals surface area contributed by atoms with E-state index in [1.165, 1.54) is 0 Å². The molecule has 0 bridgehead atoms. The highest BCUT2D eigenvalue weighted by molar-refractivity contribution is 5.85. The molecule has 0 spiro atoms. The molecule has 5 nitrogen and oxygen atoms in total.